The lowest BCUT2D eigenvalue weighted by molar-refractivity contribution is -0.128. The zero-order valence-electron chi connectivity index (χ0n) is 13.1. The van der Waals surface area contributed by atoms with Gasteiger partial charge in [-0.25, -0.2) is 0 Å². The fraction of sp³-hybridized carbons (Fsp3) is 0.500. The Morgan fingerprint density at radius 2 is 2.14 bits per heavy atom. The first-order valence-corrected chi connectivity index (χ1v) is 7.71. The summed E-state index contributed by atoms with van der Waals surface area (Å²) in [6.45, 7) is 6.23. The van der Waals surface area contributed by atoms with Crippen LogP contribution in [0.15, 0.2) is 24.3 Å². The van der Waals surface area contributed by atoms with Crippen LogP contribution in [-0.2, 0) is 9.59 Å². The molecule has 1 saturated heterocycles. The minimum absolute atomic E-state index is 0.128. The van der Waals surface area contributed by atoms with E-state index in [1.54, 1.807) is 23.1 Å². The maximum Gasteiger partial charge on any atom is 0.249 e. The second-order valence-corrected chi connectivity index (χ2v) is 7.10. The quantitative estimate of drug-likeness (QED) is 0.892. The summed E-state index contributed by atoms with van der Waals surface area (Å²) >= 11 is 5.96. The van der Waals surface area contributed by atoms with E-state index in [4.69, 9.17) is 17.3 Å². The van der Waals surface area contributed by atoms with Crippen LogP contribution < -0.4 is 16.0 Å². The van der Waals surface area contributed by atoms with Gasteiger partial charge in [0.1, 0.15) is 6.04 Å². The normalized spacial score (nSPS) is 20.1. The average molecular weight is 324 g/mol. The molecule has 1 aromatic carbocycles. The van der Waals surface area contributed by atoms with E-state index in [0.29, 0.717) is 18.0 Å². The highest BCUT2D eigenvalue weighted by molar-refractivity contribution is 6.31. The van der Waals surface area contributed by atoms with Gasteiger partial charge in [-0.1, -0.05) is 38.4 Å². The van der Waals surface area contributed by atoms with Gasteiger partial charge in [0.25, 0.3) is 0 Å². The molecule has 5 nitrogen and oxygen atoms in total. The van der Waals surface area contributed by atoms with Crippen molar-refractivity contribution in [3.63, 3.8) is 0 Å². The maximum atomic E-state index is 12.5. The van der Waals surface area contributed by atoms with E-state index < -0.39 is 12.1 Å². The largest absolute Gasteiger partial charge is 0.343 e. The Bertz CT molecular complexity index is 583. The molecule has 120 valence electrons. The molecule has 1 aliphatic rings. The maximum absolute atomic E-state index is 12.5. The number of hydrogen-bond donors (Lipinski definition) is 2. The number of benzene rings is 1. The Morgan fingerprint density at radius 3 is 2.73 bits per heavy atom. The number of nitrogens with zero attached hydrogens (tertiary/aromatic N) is 1. The summed E-state index contributed by atoms with van der Waals surface area (Å²) in [6, 6.07) is 5.94. The SMILES string of the molecule is CC(C)(C)[C@H](N)C(=O)NC1CCN(c2cccc(Cl)c2)C1=O. The summed E-state index contributed by atoms with van der Waals surface area (Å²) in [5.41, 5.74) is 6.33. The molecule has 0 aromatic heterocycles. The molecule has 0 spiro atoms. The van der Waals surface area contributed by atoms with Crippen molar-refractivity contribution < 1.29 is 9.59 Å². The zero-order valence-corrected chi connectivity index (χ0v) is 13.9. The molecule has 1 fully saturated rings. The number of nitrogens with one attached hydrogen (secondary N) is 1. The van der Waals surface area contributed by atoms with Crippen molar-refractivity contribution in [2.45, 2.75) is 39.3 Å². The van der Waals surface area contributed by atoms with Crippen LogP contribution in [0.25, 0.3) is 0 Å². The van der Waals surface area contributed by atoms with Crippen molar-refractivity contribution in [2.75, 3.05) is 11.4 Å². The topological polar surface area (TPSA) is 75.4 Å². The first kappa shape index (κ1) is 16.8. The Morgan fingerprint density at radius 1 is 1.45 bits per heavy atom. The monoisotopic (exact) mass is 323 g/mol. The van der Waals surface area contributed by atoms with Crippen LogP contribution in [0.2, 0.25) is 5.02 Å². The second kappa shape index (κ2) is 6.26. The smallest absolute Gasteiger partial charge is 0.249 e. The summed E-state index contributed by atoms with van der Waals surface area (Å²) in [7, 11) is 0. The van der Waals surface area contributed by atoms with Gasteiger partial charge in [0.15, 0.2) is 0 Å². The van der Waals surface area contributed by atoms with Crippen LogP contribution in [0.4, 0.5) is 5.69 Å². The van der Waals surface area contributed by atoms with Crippen LogP contribution in [-0.4, -0.2) is 30.4 Å². The van der Waals surface area contributed by atoms with E-state index in [0.717, 1.165) is 5.69 Å². The van der Waals surface area contributed by atoms with Crippen molar-refractivity contribution in [3.8, 4) is 0 Å². The number of halogens is 1. The molecule has 6 heteroatoms. The van der Waals surface area contributed by atoms with Crippen LogP contribution in [0.5, 0.6) is 0 Å². The third-order valence-corrected chi connectivity index (χ3v) is 4.09. The van der Waals surface area contributed by atoms with Gasteiger partial charge >= 0.3 is 0 Å². The average Bonchev–Trinajstić information content (AvgIpc) is 2.78. The lowest BCUT2D eigenvalue weighted by Gasteiger charge is -2.27. The third-order valence-electron chi connectivity index (χ3n) is 3.86. The molecular formula is C16H22ClN3O2. The highest BCUT2D eigenvalue weighted by Gasteiger charge is 2.36. The van der Waals surface area contributed by atoms with Crippen molar-refractivity contribution >= 4 is 29.1 Å². The van der Waals surface area contributed by atoms with Gasteiger partial charge in [-0.15, -0.1) is 0 Å². The Labute approximate surface area is 135 Å². The fourth-order valence-corrected chi connectivity index (χ4v) is 2.55. The summed E-state index contributed by atoms with van der Waals surface area (Å²) in [6.07, 6.45) is 0.563. The molecule has 0 radical (unpaired) electrons. The van der Waals surface area contributed by atoms with Crippen molar-refractivity contribution in [3.05, 3.63) is 29.3 Å². The summed E-state index contributed by atoms with van der Waals surface area (Å²) in [4.78, 5) is 26.3. The van der Waals surface area contributed by atoms with E-state index in [2.05, 4.69) is 5.32 Å². The van der Waals surface area contributed by atoms with Gasteiger partial charge in [0.05, 0.1) is 6.04 Å². The van der Waals surface area contributed by atoms with E-state index in [1.807, 2.05) is 26.8 Å². The van der Waals surface area contributed by atoms with E-state index >= 15 is 0 Å². The second-order valence-electron chi connectivity index (χ2n) is 6.66. The van der Waals surface area contributed by atoms with E-state index in [-0.39, 0.29) is 17.2 Å². The van der Waals surface area contributed by atoms with Gasteiger partial charge in [-0.2, -0.15) is 0 Å². The molecule has 2 amide bonds. The number of hydrogen-bond acceptors (Lipinski definition) is 3. The van der Waals surface area contributed by atoms with Crippen molar-refractivity contribution in [1.82, 2.24) is 5.32 Å². The van der Waals surface area contributed by atoms with Gasteiger partial charge < -0.3 is 16.0 Å². The lowest BCUT2D eigenvalue weighted by atomic mass is 9.87. The summed E-state index contributed by atoms with van der Waals surface area (Å²) in [5, 5.41) is 3.34. The number of nitrogens with two attached hydrogens (primary N) is 1. The molecule has 1 aliphatic heterocycles. The summed E-state index contributed by atoms with van der Waals surface area (Å²) < 4.78 is 0. The molecule has 1 heterocycles. The van der Waals surface area contributed by atoms with Crippen LogP contribution in [0.1, 0.15) is 27.2 Å². The van der Waals surface area contributed by atoms with Gasteiger partial charge in [0, 0.05) is 17.3 Å². The van der Waals surface area contributed by atoms with Crippen molar-refractivity contribution in [1.29, 1.82) is 0 Å². The molecule has 1 aromatic rings. The van der Waals surface area contributed by atoms with Crippen LogP contribution in [0.3, 0.4) is 0 Å². The van der Waals surface area contributed by atoms with Crippen LogP contribution in [0, 0.1) is 5.41 Å². The summed E-state index contributed by atoms with van der Waals surface area (Å²) in [5.74, 6) is -0.421. The standard InChI is InChI=1S/C16H22ClN3O2/c1-16(2,3)13(18)14(21)19-12-7-8-20(15(12)22)11-6-4-5-10(17)9-11/h4-6,9,12-13H,7-8,18H2,1-3H3,(H,19,21)/t12?,13-/m1/s1. The van der Waals surface area contributed by atoms with Gasteiger partial charge in [-0.3, -0.25) is 9.59 Å². The van der Waals surface area contributed by atoms with E-state index in [9.17, 15) is 9.59 Å². The number of anilines is 1. The predicted octanol–water partition coefficient (Wildman–Crippen LogP) is 1.93. The van der Waals surface area contributed by atoms with Crippen molar-refractivity contribution in [2.24, 2.45) is 11.1 Å². The Kier molecular flexibility index (Phi) is 4.78. The highest BCUT2D eigenvalue weighted by Crippen LogP contribution is 2.25. The molecule has 0 saturated carbocycles. The molecule has 2 rings (SSSR count). The predicted molar refractivity (Wildman–Crippen MR) is 87.8 cm³/mol. The Hall–Kier alpha value is -1.59. The zero-order chi connectivity index (χ0) is 16.5. The third kappa shape index (κ3) is 3.59. The lowest BCUT2D eigenvalue weighted by Crippen LogP contribution is -2.53. The molecular weight excluding hydrogens is 302 g/mol. The first-order chi connectivity index (χ1) is 10.2. The molecule has 2 atom stereocenters. The minimum atomic E-state index is -0.652. The highest BCUT2D eigenvalue weighted by atomic mass is 35.5. The molecule has 0 aliphatic carbocycles. The number of amides is 2. The molecule has 3 N–H and O–H groups in total. The molecule has 22 heavy (non-hydrogen) atoms. The molecule has 1 unspecified atom stereocenters. The first-order valence-electron chi connectivity index (χ1n) is 7.33. The number of rotatable bonds is 3. The number of carbonyl (C=O) groups is 2. The van der Waals surface area contributed by atoms with Gasteiger partial charge in [-0.05, 0) is 30.0 Å². The van der Waals surface area contributed by atoms with E-state index in [1.165, 1.54) is 0 Å². The number of carbonyl (C=O) groups excluding carboxylic acids is 2. The fourth-order valence-electron chi connectivity index (χ4n) is 2.37. The van der Waals surface area contributed by atoms with Gasteiger partial charge in [0.2, 0.25) is 11.8 Å². The van der Waals surface area contributed by atoms with Crippen LogP contribution >= 0.6 is 11.6 Å². The molecule has 0 bridgehead atoms. The Balaban J connectivity index is 2.04. The minimum Gasteiger partial charge on any atom is -0.343 e.